The third kappa shape index (κ3) is 2.07. The van der Waals surface area contributed by atoms with Gasteiger partial charge in [-0.2, -0.15) is 0 Å². The molecule has 1 aromatic carbocycles. The van der Waals surface area contributed by atoms with Crippen molar-refractivity contribution in [3.05, 3.63) is 40.5 Å². The summed E-state index contributed by atoms with van der Waals surface area (Å²) in [4.78, 5) is 11.4. The lowest BCUT2D eigenvalue weighted by molar-refractivity contribution is -0.132. The van der Waals surface area contributed by atoms with Gasteiger partial charge < -0.3 is 5.11 Å². The maximum Gasteiger partial charge on any atom is 0.331 e. The van der Waals surface area contributed by atoms with Crippen LogP contribution in [0.4, 0.5) is 0 Å². The molecule has 1 N–H and O–H groups in total. The van der Waals surface area contributed by atoms with Gasteiger partial charge in [-0.25, -0.2) is 4.79 Å². The van der Waals surface area contributed by atoms with Crippen LogP contribution in [0, 0.1) is 12.3 Å². The quantitative estimate of drug-likeness (QED) is 0.815. The molecule has 0 saturated heterocycles. The number of carboxylic acid groups (broad SMARTS) is 1. The number of carboxylic acids is 1. The smallest absolute Gasteiger partial charge is 0.331 e. The van der Waals surface area contributed by atoms with Crippen molar-refractivity contribution in [2.45, 2.75) is 40.5 Å². The molecule has 0 radical (unpaired) electrons. The number of benzene rings is 1. The van der Waals surface area contributed by atoms with E-state index in [4.69, 9.17) is 0 Å². The van der Waals surface area contributed by atoms with Crippen LogP contribution in [0.25, 0.3) is 5.57 Å². The van der Waals surface area contributed by atoms with E-state index in [1.165, 1.54) is 11.1 Å². The third-order valence-electron chi connectivity index (χ3n) is 3.61. The summed E-state index contributed by atoms with van der Waals surface area (Å²) in [6.07, 6.45) is 1.48. The minimum absolute atomic E-state index is 0.142. The van der Waals surface area contributed by atoms with Crippen molar-refractivity contribution in [1.29, 1.82) is 0 Å². The molecule has 1 aliphatic rings. The number of allylic oxidation sites excluding steroid dienone is 1. The van der Waals surface area contributed by atoms with Crippen molar-refractivity contribution >= 4 is 11.5 Å². The van der Waals surface area contributed by atoms with Crippen LogP contribution in [0.2, 0.25) is 0 Å². The SMILES string of the molecule is Cc1cccc2c1CCC(C(=O)O)=C2C(C)(C)C. The normalized spacial score (nSPS) is 15.6. The van der Waals surface area contributed by atoms with Crippen LogP contribution in [-0.2, 0) is 11.2 Å². The van der Waals surface area contributed by atoms with Crippen molar-refractivity contribution in [1.82, 2.24) is 0 Å². The summed E-state index contributed by atoms with van der Waals surface area (Å²) < 4.78 is 0. The highest BCUT2D eigenvalue weighted by Gasteiger charge is 2.31. The van der Waals surface area contributed by atoms with Gasteiger partial charge in [-0.05, 0) is 47.4 Å². The minimum atomic E-state index is -0.771. The molecular formula is C16H20O2. The van der Waals surface area contributed by atoms with Crippen LogP contribution in [0.3, 0.4) is 0 Å². The lowest BCUT2D eigenvalue weighted by atomic mass is 9.72. The monoisotopic (exact) mass is 244 g/mol. The van der Waals surface area contributed by atoms with Crippen LogP contribution in [-0.4, -0.2) is 11.1 Å². The number of carbonyl (C=O) groups is 1. The fourth-order valence-corrected chi connectivity index (χ4v) is 2.88. The van der Waals surface area contributed by atoms with Gasteiger partial charge in [0.2, 0.25) is 0 Å². The Bertz CT molecular complexity index is 531. The zero-order chi connectivity index (χ0) is 13.5. The van der Waals surface area contributed by atoms with Crippen molar-refractivity contribution < 1.29 is 9.90 Å². The highest BCUT2D eigenvalue weighted by atomic mass is 16.4. The minimum Gasteiger partial charge on any atom is -0.478 e. The maximum absolute atomic E-state index is 11.4. The van der Waals surface area contributed by atoms with Gasteiger partial charge in [0.05, 0.1) is 0 Å². The van der Waals surface area contributed by atoms with E-state index in [9.17, 15) is 9.90 Å². The first-order valence-electron chi connectivity index (χ1n) is 6.38. The molecule has 18 heavy (non-hydrogen) atoms. The van der Waals surface area contributed by atoms with Crippen LogP contribution in [0.5, 0.6) is 0 Å². The maximum atomic E-state index is 11.4. The van der Waals surface area contributed by atoms with E-state index in [1.54, 1.807) is 0 Å². The topological polar surface area (TPSA) is 37.3 Å². The molecule has 0 aliphatic heterocycles. The second kappa shape index (κ2) is 4.27. The van der Waals surface area contributed by atoms with Gasteiger partial charge in [0.25, 0.3) is 0 Å². The molecule has 96 valence electrons. The molecule has 0 fully saturated rings. The summed E-state index contributed by atoms with van der Waals surface area (Å²) >= 11 is 0. The van der Waals surface area contributed by atoms with E-state index >= 15 is 0 Å². The highest BCUT2D eigenvalue weighted by molar-refractivity contribution is 5.99. The van der Waals surface area contributed by atoms with Crippen LogP contribution < -0.4 is 0 Å². The van der Waals surface area contributed by atoms with E-state index in [0.717, 1.165) is 17.6 Å². The number of fused-ring (bicyclic) bond motifs is 1. The Morgan fingerprint density at radius 3 is 2.44 bits per heavy atom. The van der Waals surface area contributed by atoms with Gasteiger partial charge in [-0.3, -0.25) is 0 Å². The summed E-state index contributed by atoms with van der Waals surface area (Å²) in [6.45, 7) is 8.36. The van der Waals surface area contributed by atoms with Gasteiger partial charge in [0, 0.05) is 5.57 Å². The standard InChI is InChI=1S/C16H20O2/c1-10-6-5-7-12-11(10)8-9-13(15(17)18)14(12)16(2,3)4/h5-7H,8-9H2,1-4H3,(H,17,18). The number of aliphatic carboxylic acids is 1. The van der Waals surface area contributed by atoms with E-state index in [1.807, 2.05) is 6.07 Å². The Labute approximate surface area is 108 Å². The predicted molar refractivity (Wildman–Crippen MR) is 73.5 cm³/mol. The average Bonchev–Trinajstić information content (AvgIpc) is 2.26. The first-order chi connectivity index (χ1) is 8.32. The Hall–Kier alpha value is -1.57. The highest BCUT2D eigenvalue weighted by Crippen LogP contribution is 2.43. The molecular weight excluding hydrogens is 224 g/mol. The molecule has 0 aromatic heterocycles. The summed E-state index contributed by atoms with van der Waals surface area (Å²) in [6, 6.07) is 6.18. The van der Waals surface area contributed by atoms with E-state index in [-0.39, 0.29) is 5.41 Å². The molecule has 0 amide bonds. The third-order valence-corrected chi connectivity index (χ3v) is 3.61. The summed E-state index contributed by atoms with van der Waals surface area (Å²) in [5.74, 6) is -0.771. The lowest BCUT2D eigenvalue weighted by Gasteiger charge is -2.31. The van der Waals surface area contributed by atoms with Crippen molar-refractivity contribution in [2.75, 3.05) is 0 Å². The van der Waals surface area contributed by atoms with E-state index < -0.39 is 5.97 Å². The molecule has 2 rings (SSSR count). The Balaban J connectivity index is 2.74. The van der Waals surface area contributed by atoms with Gasteiger partial charge in [-0.1, -0.05) is 39.0 Å². The number of aryl methyl sites for hydroxylation is 1. The average molecular weight is 244 g/mol. The molecule has 2 nitrogen and oxygen atoms in total. The van der Waals surface area contributed by atoms with Gasteiger partial charge in [-0.15, -0.1) is 0 Å². The molecule has 0 atom stereocenters. The van der Waals surface area contributed by atoms with Crippen molar-refractivity contribution in [3.63, 3.8) is 0 Å². The predicted octanol–water partition coefficient (Wildman–Crippen LogP) is 3.83. The molecule has 0 saturated carbocycles. The first-order valence-corrected chi connectivity index (χ1v) is 6.38. The van der Waals surface area contributed by atoms with Gasteiger partial charge in [0.1, 0.15) is 0 Å². The number of hydrogen-bond acceptors (Lipinski definition) is 1. The van der Waals surface area contributed by atoms with Crippen LogP contribution >= 0.6 is 0 Å². The number of hydrogen-bond donors (Lipinski definition) is 1. The Morgan fingerprint density at radius 2 is 1.89 bits per heavy atom. The molecule has 2 heteroatoms. The molecule has 0 unspecified atom stereocenters. The summed E-state index contributed by atoms with van der Waals surface area (Å²) in [7, 11) is 0. The zero-order valence-corrected chi connectivity index (χ0v) is 11.5. The second-order valence-corrected chi connectivity index (χ2v) is 6.01. The molecule has 0 bridgehead atoms. The Morgan fingerprint density at radius 1 is 1.22 bits per heavy atom. The van der Waals surface area contributed by atoms with Crippen molar-refractivity contribution in [2.24, 2.45) is 5.41 Å². The van der Waals surface area contributed by atoms with Gasteiger partial charge in [0.15, 0.2) is 0 Å². The first kappa shape index (κ1) is 12.9. The lowest BCUT2D eigenvalue weighted by Crippen LogP contribution is -2.20. The van der Waals surface area contributed by atoms with Crippen LogP contribution in [0.1, 0.15) is 43.9 Å². The number of rotatable bonds is 1. The summed E-state index contributed by atoms with van der Waals surface area (Å²) in [5.41, 5.74) is 5.15. The van der Waals surface area contributed by atoms with Crippen molar-refractivity contribution in [3.8, 4) is 0 Å². The van der Waals surface area contributed by atoms with E-state index in [0.29, 0.717) is 12.0 Å². The fourth-order valence-electron chi connectivity index (χ4n) is 2.88. The van der Waals surface area contributed by atoms with Crippen LogP contribution in [0.15, 0.2) is 23.8 Å². The van der Waals surface area contributed by atoms with Gasteiger partial charge >= 0.3 is 5.97 Å². The fraction of sp³-hybridized carbons (Fsp3) is 0.438. The summed E-state index contributed by atoms with van der Waals surface area (Å²) in [5, 5.41) is 9.41. The van der Waals surface area contributed by atoms with E-state index in [2.05, 4.69) is 39.8 Å². The Kier molecular flexibility index (Phi) is 3.05. The molecule has 0 heterocycles. The molecule has 0 spiro atoms. The zero-order valence-electron chi connectivity index (χ0n) is 11.5. The second-order valence-electron chi connectivity index (χ2n) is 6.01. The molecule has 1 aromatic rings. The largest absolute Gasteiger partial charge is 0.478 e. The molecule has 1 aliphatic carbocycles.